The molecule has 17 heavy (non-hydrogen) atoms. The Kier molecular flexibility index (Phi) is 2.19. The summed E-state index contributed by atoms with van der Waals surface area (Å²) in [6, 6.07) is 7.27. The van der Waals surface area contributed by atoms with Crippen LogP contribution in [-0.2, 0) is 0 Å². The fourth-order valence-corrected chi connectivity index (χ4v) is 1.89. The quantitative estimate of drug-likeness (QED) is 0.509. The summed E-state index contributed by atoms with van der Waals surface area (Å²) in [6.07, 6.45) is 1.66. The first-order valence-corrected chi connectivity index (χ1v) is 5.34. The molecule has 0 aliphatic rings. The maximum Gasteiger partial charge on any atom is 0.223 e. The van der Waals surface area contributed by atoms with Crippen molar-refractivity contribution in [1.82, 2.24) is 20.2 Å². The fourth-order valence-electron chi connectivity index (χ4n) is 1.71. The lowest BCUT2D eigenvalue weighted by molar-refractivity contribution is 1.08. The highest BCUT2D eigenvalue weighted by Crippen LogP contribution is 2.26. The van der Waals surface area contributed by atoms with Gasteiger partial charge in [0, 0.05) is 17.3 Å². The average Bonchev–Trinajstić information content (AvgIpc) is 2.80. The van der Waals surface area contributed by atoms with Gasteiger partial charge in [-0.1, -0.05) is 0 Å². The van der Waals surface area contributed by atoms with E-state index in [4.69, 9.17) is 17.3 Å². The van der Waals surface area contributed by atoms with Crippen molar-refractivity contribution in [3.63, 3.8) is 0 Å². The predicted molar refractivity (Wildman–Crippen MR) is 66.5 cm³/mol. The standard InChI is InChI=1S/C11H8ClN5/c12-11-15-9-5-6(13)1-2-7(9)10(16-11)8-3-4-14-17-8/h1-5H,13H2,(H,14,17). The molecule has 2 heterocycles. The summed E-state index contributed by atoms with van der Waals surface area (Å²) < 4.78 is 0. The first-order valence-electron chi connectivity index (χ1n) is 4.96. The van der Waals surface area contributed by atoms with Crippen LogP contribution in [0.4, 0.5) is 5.69 Å². The third-order valence-corrected chi connectivity index (χ3v) is 2.62. The van der Waals surface area contributed by atoms with Crippen LogP contribution < -0.4 is 5.73 Å². The topological polar surface area (TPSA) is 80.5 Å². The van der Waals surface area contributed by atoms with E-state index in [9.17, 15) is 0 Å². The van der Waals surface area contributed by atoms with E-state index in [0.717, 1.165) is 22.3 Å². The second-order valence-corrected chi connectivity index (χ2v) is 3.93. The van der Waals surface area contributed by atoms with Crippen LogP contribution in [0, 0.1) is 0 Å². The highest BCUT2D eigenvalue weighted by atomic mass is 35.5. The summed E-state index contributed by atoms with van der Waals surface area (Å²) in [7, 11) is 0. The summed E-state index contributed by atoms with van der Waals surface area (Å²) in [4.78, 5) is 8.36. The Morgan fingerprint density at radius 3 is 2.82 bits per heavy atom. The third-order valence-electron chi connectivity index (χ3n) is 2.45. The van der Waals surface area contributed by atoms with Crippen molar-refractivity contribution >= 4 is 28.2 Å². The van der Waals surface area contributed by atoms with Crippen LogP contribution in [0.3, 0.4) is 0 Å². The van der Waals surface area contributed by atoms with Gasteiger partial charge in [0.15, 0.2) is 0 Å². The zero-order valence-corrected chi connectivity index (χ0v) is 9.44. The van der Waals surface area contributed by atoms with Crippen LogP contribution in [0.25, 0.3) is 22.3 Å². The maximum absolute atomic E-state index is 5.90. The van der Waals surface area contributed by atoms with Crippen molar-refractivity contribution in [3.8, 4) is 11.4 Å². The normalized spacial score (nSPS) is 10.9. The van der Waals surface area contributed by atoms with Crippen molar-refractivity contribution in [2.75, 3.05) is 5.73 Å². The van der Waals surface area contributed by atoms with E-state index < -0.39 is 0 Å². The highest BCUT2D eigenvalue weighted by molar-refractivity contribution is 6.28. The monoisotopic (exact) mass is 245 g/mol. The number of rotatable bonds is 1. The number of nitrogens with two attached hydrogens (primary N) is 1. The van der Waals surface area contributed by atoms with Crippen molar-refractivity contribution in [2.24, 2.45) is 0 Å². The maximum atomic E-state index is 5.90. The first-order chi connectivity index (χ1) is 8.24. The molecule has 5 nitrogen and oxygen atoms in total. The van der Waals surface area contributed by atoms with Crippen LogP contribution in [0.5, 0.6) is 0 Å². The number of hydrogen-bond acceptors (Lipinski definition) is 4. The number of aromatic amines is 1. The van der Waals surface area contributed by atoms with E-state index in [1.807, 2.05) is 12.1 Å². The van der Waals surface area contributed by atoms with Gasteiger partial charge >= 0.3 is 0 Å². The van der Waals surface area contributed by atoms with Crippen LogP contribution in [0.2, 0.25) is 5.28 Å². The van der Waals surface area contributed by atoms with Gasteiger partial charge < -0.3 is 5.73 Å². The van der Waals surface area contributed by atoms with Gasteiger partial charge in [-0.05, 0) is 35.9 Å². The zero-order valence-electron chi connectivity index (χ0n) is 8.68. The summed E-state index contributed by atoms with van der Waals surface area (Å²) in [5.74, 6) is 0. The Balaban J connectivity index is 2.38. The van der Waals surface area contributed by atoms with E-state index in [1.54, 1.807) is 18.3 Å². The van der Waals surface area contributed by atoms with Crippen LogP contribution in [0.1, 0.15) is 0 Å². The Hall–Kier alpha value is -2.14. The van der Waals surface area contributed by atoms with E-state index in [1.165, 1.54) is 0 Å². The molecule has 84 valence electrons. The summed E-state index contributed by atoms with van der Waals surface area (Å²) in [5.41, 5.74) is 8.59. The molecule has 3 N–H and O–H groups in total. The number of anilines is 1. The molecule has 0 bridgehead atoms. The SMILES string of the molecule is Nc1ccc2c(-c3ccn[nH]3)nc(Cl)nc2c1. The fraction of sp³-hybridized carbons (Fsp3) is 0. The lowest BCUT2D eigenvalue weighted by Gasteiger charge is -2.04. The Bertz CT molecular complexity index is 672. The van der Waals surface area contributed by atoms with Gasteiger partial charge in [0.05, 0.1) is 11.2 Å². The largest absolute Gasteiger partial charge is 0.399 e. The molecule has 0 radical (unpaired) electrons. The smallest absolute Gasteiger partial charge is 0.223 e. The zero-order chi connectivity index (χ0) is 11.8. The molecule has 0 aliphatic heterocycles. The molecule has 0 unspecified atom stereocenters. The molecule has 0 amide bonds. The van der Waals surface area contributed by atoms with Crippen molar-refractivity contribution in [3.05, 3.63) is 35.7 Å². The average molecular weight is 246 g/mol. The molecule has 0 saturated heterocycles. The molecule has 1 aromatic carbocycles. The minimum Gasteiger partial charge on any atom is -0.399 e. The van der Waals surface area contributed by atoms with Crippen molar-refractivity contribution in [2.45, 2.75) is 0 Å². The van der Waals surface area contributed by atoms with Crippen molar-refractivity contribution < 1.29 is 0 Å². The molecule has 0 aliphatic carbocycles. The lowest BCUT2D eigenvalue weighted by Crippen LogP contribution is -1.93. The molecular formula is C11H8ClN5. The Morgan fingerprint density at radius 2 is 2.06 bits per heavy atom. The molecule has 3 aromatic rings. The van der Waals surface area contributed by atoms with E-state index in [-0.39, 0.29) is 5.28 Å². The summed E-state index contributed by atoms with van der Waals surface area (Å²) in [5, 5.41) is 7.83. The number of nitrogens with one attached hydrogen (secondary N) is 1. The number of nitrogen functional groups attached to an aromatic ring is 1. The van der Waals surface area contributed by atoms with Gasteiger partial charge in [-0.3, -0.25) is 5.10 Å². The van der Waals surface area contributed by atoms with E-state index in [0.29, 0.717) is 5.69 Å². The molecule has 0 saturated carbocycles. The van der Waals surface area contributed by atoms with Gasteiger partial charge in [-0.25, -0.2) is 9.97 Å². The third kappa shape index (κ3) is 1.70. The Labute approximate surface area is 102 Å². The first kappa shape index (κ1) is 10.0. The number of fused-ring (bicyclic) bond motifs is 1. The molecule has 2 aromatic heterocycles. The second kappa shape index (κ2) is 3.71. The van der Waals surface area contributed by atoms with Gasteiger partial charge in [0.25, 0.3) is 0 Å². The minimum absolute atomic E-state index is 0.188. The molecular weight excluding hydrogens is 238 g/mol. The van der Waals surface area contributed by atoms with Gasteiger partial charge in [0.2, 0.25) is 5.28 Å². The second-order valence-electron chi connectivity index (χ2n) is 3.59. The van der Waals surface area contributed by atoms with Gasteiger partial charge in [-0.15, -0.1) is 0 Å². The van der Waals surface area contributed by atoms with E-state index in [2.05, 4.69) is 20.2 Å². The van der Waals surface area contributed by atoms with Crippen LogP contribution in [-0.4, -0.2) is 20.2 Å². The highest BCUT2D eigenvalue weighted by Gasteiger charge is 2.09. The van der Waals surface area contributed by atoms with Gasteiger partial charge in [0.1, 0.15) is 5.69 Å². The van der Waals surface area contributed by atoms with Crippen molar-refractivity contribution in [1.29, 1.82) is 0 Å². The molecule has 3 rings (SSSR count). The summed E-state index contributed by atoms with van der Waals surface area (Å²) >= 11 is 5.90. The molecule has 6 heteroatoms. The van der Waals surface area contributed by atoms with E-state index >= 15 is 0 Å². The molecule has 0 fully saturated rings. The summed E-state index contributed by atoms with van der Waals surface area (Å²) in [6.45, 7) is 0. The molecule has 0 atom stereocenters. The van der Waals surface area contributed by atoms with Crippen LogP contribution >= 0.6 is 11.6 Å². The Morgan fingerprint density at radius 1 is 1.18 bits per heavy atom. The van der Waals surface area contributed by atoms with Gasteiger partial charge in [-0.2, -0.15) is 5.10 Å². The number of benzene rings is 1. The minimum atomic E-state index is 0.188. The number of H-pyrrole nitrogens is 1. The lowest BCUT2D eigenvalue weighted by atomic mass is 10.1. The number of halogens is 1. The van der Waals surface area contributed by atoms with Crippen LogP contribution in [0.15, 0.2) is 30.5 Å². The predicted octanol–water partition coefficient (Wildman–Crippen LogP) is 2.26. The molecule has 0 spiro atoms. The number of aromatic nitrogens is 4. The number of nitrogens with zero attached hydrogens (tertiary/aromatic N) is 3. The number of hydrogen-bond donors (Lipinski definition) is 2.